The Morgan fingerprint density at radius 3 is 2.61 bits per heavy atom. The maximum atomic E-state index is 14.0. The Labute approximate surface area is 111 Å². The normalized spacial score (nSPS) is 23.8. The summed E-state index contributed by atoms with van der Waals surface area (Å²) in [5, 5.41) is 0.540. The predicted molar refractivity (Wildman–Crippen MR) is 69.2 cm³/mol. The standard InChI is InChI=1S/C12H18ClF2N3/c13-9-1-2-11(17-7-9)12(14,15)8-18-5-3-10(16)4-6-18/h7,10H,1-6,8,16H2. The molecule has 0 radical (unpaired) electrons. The van der Waals surface area contributed by atoms with E-state index in [0.717, 1.165) is 12.8 Å². The lowest BCUT2D eigenvalue weighted by atomic mass is 10.0. The average Bonchev–Trinajstić information content (AvgIpc) is 2.32. The molecule has 0 atom stereocenters. The van der Waals surface area contributed by atoms with E-state index in [1.807, 2.05) is 0 Å². The van der Waals surface area contributed by atoms with Gasteiger partial charge in [-0.15, -0.1) is 0 Å². The van der Waals surface area contributed by atoms with Gasteiger partial charge in [0.05, 0.1) is 12.3 Å². The lowest BCUT2D eigenvalue weighted by Gasteiger charge is -2.33. The van der Waals surface area contributed by atoms with Crippen molar-refractivity contribution in [2.45, 2.75) is 37.6 Å². The molecule has 102 valence electrons. The van der Waals surface area contributed by atoms with Crippen molar-refractivity contribution in [3.8, 4) is 0 Å². The molecule has 2 aliphatic rings. The number of likely N-dealkylation sites (tertiary alicyclic amines) is 1. The molecule has 6 heteroatoms. The second kappa shape index (κ2) is 5.63. The first kappa shape index (κ1) is 13.9. The Hall–Kier alpha value is -0.520. The number of rotatable bonds is 3. The number of hydrogen-bond donors (Lipinski definition) is 1. The van der Waals surface area contributed by atoms with Crippen LogP contribution in [0.1, 0.15) is 25.7 Å². The predicted octanol–water partition coefficient (Wildman–Crippen LogP) is 2.36. The average molecular weight is 278 g/mol. The van der Waals surface area contributed by atoms with Gasteiger partial charge in [0.1, 0.15) is 0 Å². The number of hydrogen-bond acceptors (Lipinski definition) is 3. The summed E-state index contributed by atoms with van der Waals surface area (Å²) < 4.78 is 28.1. The lowest BCUT2D eigenvalue weighted by Crippen LogP contribution is -2.47. The molecule has 0 unspecified atom stereocenters. The number of piperidine rings is 1. The van der Waals surface area contributed by atoms with Crippen LogP contribution in [-0.4, -0.2) is 42.2 Å². The first-order valence-corrected chi connectivity index (χ1v) is 6.62. The smallest absolute Gasteiger partial charge is 0.298 e. The summed E-state index contributed by atoms with van der Waals surface area (Å²) >= 11 is 5.72. The molecule has 0 aromatic rings. The summed E-state index contributed by atoms with van der Waals surface area (Å²) in [6.45, 7) is 1.02. The Morgan fingerprint density at radius 1 is 1.39 bits per heavy atom. The SMILES string of the molecule is NC1CCN(CC(F)(F)C2=NC=C(Cl)CC2)CC1. The van der Waals surface area contributed by atoms with E-state index in [2.05, 4.69) is 4.99 Å². The number of alkyl halides is 2. The second-order valence-electron chi connectivity index (χ2n) is 4.97. The van der Waals surface area contributed by atoms with Crippen LogP contribution in [0.2, 0.25) is 0 Å². The van der Waals surface area contributed by atoms with Crippen molar-refractivity contribution in [2.24, 2.45) is 10.7 Å². The largest absolute Gasteiger partial charge is 0.328 e. The molecular formula is C12H18ClF2N3. The highest BCUT2D eigenvalue weighted by atomic mass is 35.5. The van der Waals surface area contributed by atoms with E-state index in [4.69, 9.17) is 17.3 Å². The number of nitrogens with two attached hydrogens (primary N) is 1. The van der Waals surface area contributed by atoms with Gasteiger partial charge in [-0.3, -0.25) is 9.89 Å². The van der Waals surface area contributed by atoms with Crippen LogP contribution >= 0.6 is 11.6 Å². The van der Waals surface area contributed by atoms with Gasteiger partial charge in [0.15, 0.2) is 0 Å². The third-order valence-electron chi connectivity index (χ3n) is 3.44. The molecule has 0 aliphatic carbocycles. The molecule has 0 saturated carbocycles. The van der Waals surface area contributed by atoms with E-state index < -0.39 is 5.92 Å². The fourth-order valence-corrected chi connectivity index (χ4v) is 2.42. The Kier molecular flexibility index (Phi) is 4.35. The van der Waals surface area contributed by atoms with Crippen LogP contribution in [0.3, 0.4) is 0 Å². The molecule has 0 spiro atoms. The van der Waals surface area contributed by atoms with Gasteiger partial charge in [-0.1, -0.05) is 11.6 Å². The maximum Gasteiger partial charge on any atom is 0.298 e. The van der Waals surface area contributed by atoms with Crippen molar-refractivity contribution >= 4 is 17.3 Å². The third-order valence-corrected chi connectivity index (χ3v) is 3.72. The van der Waals surface area contributed by atoms with Crippen LogP contribution in [0.25, 0.3) is 0 Å². The van der Waals surface area contributed by atoms with Crippen LogP contribution in [0.4, 0.5) is 8.78 Å². The summed E-state index contributed by atoms with van der Waals surface area (Å²) in [6.07, 6.45) is 3.61. The third kappa shape index (κ3) is 3.49. The minimum absolute atomic E-state index is 0.0539. The number of halogens is 3. The van der Waals surface area contributed by atoms with Crippen LogP contribution in [-0.2, 0) is 0 Å². The zero-order valence-electron chi connectivity index (χ0n) is 10.2. The van der Waals surface area contributed by atoms with Crippen LogP contribution in [0, 0.1) is 0 Å². The highest BCUT2D eigenvalue weighted by Gasteiger charge is 2.38. The number of aliphatic imine (C=N–C) groups is 1. The van der Waals surface area contributed by atoms with Crippen LogP contribution in [0.5, 0.6) is 0 Å². The molecule has 2 N–H and O–H groups in total. The van der Waals surface area contributed by atoms with Crippen molar-refractivity contribution in [3.63, 3.8) is 0 Å². The number of nitrogens with zero attached hydrogens (tertiary/aromatic N) is 2. The van der Waals surface area contributed by atoms with Crippen LogP contribution in [0.15, 0.2) is 16.2 Å². The van der Waals surface area contributed by atoms with Crippen molar-refractivity contribution in [2.75, 3.05) is 19.6 Å². The van der Waals surface area contributed by atoms with Gasteiger partial charge in [0.25, 0.3) is 5.92 Å². The van der Waals surface area contributed by atoms with E-state index >= 15 is 0 Å². The first-order valence-electron chi connectivity index (χ1n) is 6.25. The molecule has 0 aromatic carbocycles. The molecule has 3 nitrogen and oxygen atoms in total. The fraction of sp³-hybridized carbons (Fsp3) is 0.750. The van der Waals surface area contributed by atoms with E-state index in [9.17, 15) is 8.78 Å². The van der Waals surface area contributed by atoms with Gasteiger partial charge < -0.3 is 5.73 Å². The molecule has 0 amide bonds. The lowest BCUT2D eigenvalue weighted by molar-refractivity contribution is 0.0227. The summed E-state index contributed by atoms with van der Waals surface area (Å²) in [5.74, 6) is -2.87. The molecule has 2 rings (SSSR count). The van der Waals surface area contributed by atoms with Gasteiger partial charge in [0.2, 0.25) is 0 Å². The Balaban J connectivity index is 1.95. The van der Waals surface area contributed by atoms with Crippen LogP contribution < -0.4 is 5.73 Å². The molecule has 2 heterocycles. The molecule has 0 bridgehead atoms. The molecule has 2 aliphatic heterocycles. The van der Waals surface area contributed by atoms with Crippen molar-refractivity contribution in [1.82, 2.24) is 4.90 Å². The molecule has 1 fully saturated rings. The van der Waals surface area contributed by atoms with Gasteiger partial charge in [-0.05, 0) is 38.8 Å². The summed E-state index contributed by atoms with van der Waals surface area (Å²) in [6, 6.07) is 0.156. The summed E-state index contributed by atoms with van der Waals surface area (Å²) in [5.41, 5.74) is 5.70. The first-order chi connectivity index (χ1) is 8.47. The Bertz CT molecular complexity index is 360. The zero-order chi connectivity index (χ0) is 13.2. The Morgan fingerprint density at radius 2 is 2.06 bits per heavy atom. The minimum atomic E-state index is -2.87. The molecule has 18 heavy (non-hydrogen) atoms. The quantitative estimate of drug-likeness (QED) is 0.860. The highest BCUT2D eigenvalue weighted by molar-refractivity contribution is 6.30. The molecular weight excluding hydrogens is 260 g/mol. The minimum Gasteiger partial charge on any atom is -0.328 e. The molecule has 0 aromatic heterocycles. The van der Waals surface area contributed by atoms with Gasteiger partial charge in [-0.2, -0.15) is 8.78 Å². The summed E-state index contributed by atoms with van der Waals surface area (Å²) in [4.78, 5) is 5.55. The second-order valence-corrected chi connectivity index (χ2v) is 5.46. The molecule has 1 saturated heterocycles. The topological polar surface area (TPSA) is 41.6 Å². The zero-order valence-corrected chi connectivity index (χ0v) is 11.0. The monoisotopic (exact) mass is 277 g/mol. The van der Waals surface area contributed by atoms with Crippen molar-refractivity contribution in [3.05, 3.63) is 11.2 Å². The van der Waals surface area contributed by atoms with Gasteiger partial charge >= 0.3 is 0 Å². The maximum absolute atomic E-state index is 14.0. The van der Waals surface area contributed by atoms with Crippen molar-refractivity contribution < 1.29 is 8.78 Å². The summed E-state index contributed by atoms with van der Waals surface area (Å²) in [7, 11) is 0. The van der Waals surface area contributed by atoms with E-state index in [0.29, 0.717) is 24.5 Å². The van der Waals surface area contributed by atoms with Crippen molar-refractivity contribution in [1.29, 1.82) is 0 Å². The highest BCUT2D eigenvalue weighted by Crippen LogP contribution is 2.27. The van der Waals surface area contributed by atoms with Gasteiger partial charge in [0, 0.05) is 17.3 Å². The van der Waals surface area contributed by atoms with E-state index in [1.54, 1.807) is 4.90 Å². The van der Waals surface area contributed by atoms with E-state index in [-0.39, 0.29) is 24.7 Å². The number of allylic oxidation sites excluding steroid dienone is 1. The van der Waals surface area contributed by atoms with E-state index in [1.165, 1.54) is 6.20 Å². The van der Waals surface area contributed by atoms with Gasteiger partial charge in [-0.25, -0.2) is 0 Å². The fourth-order valence-electron chi connectivity index (χ4n) is 2.28.